The van der Waals surface area contributed by atoms with Gasteiger partial charge >= 0.3 is 0 Å². The van der Waals surface area contributed by atoms with Gasteiger partial charge in [-0.3, -0.25) is 9.80 Å². The first kappa shape index (κ1) is 16.8. The Morgan fingerprint density at radius 1 is 0.957 bits per heavy atom. The highest BCUT2D eigenvalue weighted by Crippen LogP contribution is 2.29. The predicted octanol–water partition coefficient (Wildman–Crippen LogP) is 4.02. The predicted molar refractivity (Wildman–Crippen MR) is 89.7 cm³/mol. The first-order chi connectivity index (χ1) is 11.2. The molecule has 1 atom stereocenters. The Kier molecular flexibility index (Phi) is 6.01. The standard InChI is InChI=1S/C19H28F2N2/c20-19(21)15-22-11-8-16(9-12-22)6-7-18-10-13-23(18)14-17-4-2-1-3-5-17/h1-5,16,18-19H,6-15H2. The topological polar surface area (TPSA) is 6.48 Å². The molecule has 0 amide bonds. The normalized spacial score (nSPS) is 24.0. The number of likely N-dealkylation sites (tertiary alicyclic amines) is 2. The molecule has 2 nitrogen and oxygen atoms in total. The van der Waals surface area contributed by atoms with Crippen LogP contribution >= 0.6 is 0 Å². The summed E-state index contributed by atoms with van der Waals surface area (Å²) in [6.45, 7) is 3.95. The number of rotatable bonds is 7. The van der Waals surface area contributed by atoms with Crippen molar-refractivity contribution < 1.29 is 8.78 Å². The SMILES string of the molecule is FC(F)CN1CCC(CCC2CCN2Cc2ccccc2)CC1. The lowest BCUT2D eigenvalue weighted by molar-refractivity contribution is 0.0540. The molecule has 0 N–H and O–H groups in total. The molecule has 2 aliphatic heterocycles. The molecule has 2 aliphatic rings. The first-order valence-electron chi connectivity index (χ1n) is 8.99. The zero-order valence-electron chi connectivity index (χ0n) is 13.8. The quantitative estimate of drug-likeness (QED) is 0.748. The fourth-order valence-electron chi connectivity index (χ4n) is 3.93. The van der Waals surface area contributed by atoms with Gasteiger partial charge in [0.2, 0.25) is 0 Å². The van der Waals surface area contributed by atoms with Crippen LogP contribution in [0.1, 0.15) is 37.7 Å². The van der Waals surface area contributed by atoms with E-state index in [0.717, 1.165) is 44.4 Å². The third-order valence-corrected chi connectivity index (χ3v) is 5.51. The van der Waals surface area contributed by atoms with Crippen LogP contribution in [0.4, 0.5) is 8.78 Å². The summed E-state index contributed by atoms with van der Waals surface area (Å²) in [6, 6.07) is 11.4. The number of hydrogen-bond acceptors (Lipinski definition) is 2. The molecule has 1 unspecified atom stereocenters. The van der Waals surface area contributed by atoms with Crippen molar-refractivity contribution in [2.45, 2.75) is 51.1 Å². The van der Waals surface area contributed by atoms with Gasteiger partial charge in [0.05, 0.1) is 6.54 Å². The van der Waals surface area contributed by atoms with E-state index in [2.05, 4.69) is 35.2 Å². The van der Waals surface area contributed by atoms with E-state index in [1.54, 1.807) is 0 Å². The summed E-state index contributed by atoms with van der Waals surface area (Å²) in [6.07, 6.45) is 3.85. The van der Waals surface area contributed by atoms with Gasteiger partial charge in [-0.15, -0.1) is 0 Å². The van der Waals surface area contributed by atoms with E-state index in [4.69, 9.17) is 0 Å². The molecule has 0 aliphatic carbocycles. The molecular formula is C19H28F2N2. The van der Waals surface area contributed by atoms with Crippen LogP contribution in [0, 0.1) is 5.92 Å². The average Bonchev–Trinajstić information content (AvgIpc) is 2.54. The Balaban J connectivity index is 1.35. The van der Waals surface area contributed by atoms with Crippen molar-refractivity contribution in [3.8, 4) is 0 Å². The lowest BCUT2D eigenvalue weighted by Crippen LogP contribution is -2.47. The van der Waals surface area contributed by atoms with Crippen molar-refractivity contribution >= 4 is 0 Å². The molecule has 128 valence electrons. The monoisotopic (exact) mass is 322 g/mol. The van der Waals surface area contributed by atoms with Crippen LogP contribution in [0.15, 0.2) is 30.3 Å². The smallest absolute Gasteiger partial charge is 0.251 e. The molecule has 2 fully saturated rings. The molecule has 4 heteroatoms. The largest absolute Gasteiger partial charge is 0.298 e. The van der Waals surface area contributed by atoms with Crippen LogP contribution in [0.5, 0.6) is 0 Å². The maximum absolute atomic E-state index is 12.4. The van der Waals surface area contributed by atoms with Gasteiger partial charge in [-0.25, -0.2) is 8.78 Å². The Morgan fingerprint density at radius 3 is 2.30 bits per heavy atom. The lowest BCUT2D eigenvalue weighted by Gasteiger charge is -2.42. The summed E-state index contributed by atoms with van der Waals surface area (Å²) in [7, 11) is 0. The van der Waals surface area contributed by atoms with Gasteiger partial charge in [0, 0.05) is 19.1 Å². The second kappa shape index (κ2) is 8.20. The number of piperidine rings is 1. The minimum atomic E-state index is -2.19. The van der Waals surface area contributed by atoms with Crippen molar-refractivity contribution in [3.05, 3.63) is 35.9 Å². The highest BCUT2D eigenvalue weighted by molar-refractivity contribution is 5.15. The summed E-state index contributed by atoms with van der Waals surface area (Å²) in [5, 5.41) is 0. The van der Waals surface area contributed by atoms with Crippen LogP contribution in [0.25, 0.3) is 0 Å². The fourth-order valence-corrected chi connectivity index (χ4v) is 3.93. The second-order valence-electron chi connectivity index (χ2n) is 7.11. The molecule has 1 aromatic rings. The highest BCUT2D eigenvalue weighted by atomic mass is 19.3. The van der Waals surface area contributed by atoms with Crippen molar-refractivity contribution in [2.24, 2.45) is 5.92 Å². The third kappa shape index (κ3) is 4.98. The molecule has 0 aromatic heterocycles. The van der Waals surface area contributed by atoms with Crippen molar-refractivity contribution in [2.75, 3.05) is 26.2 Å². The summed E-state index contributed by atoms with van der Waals surface area (Å²) in [5.74, 6) is 0.739. The minimum Gasteiger partial charge on any atom is -0.298 e. The molecule has 2 heterocycles. The van der Waals surface area contributed by atoms with Crippen LogP contribution in [0.2, 0.25) is 0 Å². The molecule has 0 radical (unpaired) electrons. The maximum atomic E-state index is 12.4. The second-order valence-corrected chi connectivity index (χ2v) is 7.11. The molecule has 23 heavy (non-hydrogen) atoms. The zero-order valence-corrected chi connectivity index (χ0v) is 13.8. The number of nitrogens with zero attached hydrogens (tertiary/aromatic N) is 2. The zero-order chi connectivity index (χ0) is 16.1. The Hall–Kier alpha value is -1.00. The van der Waals surface area contributed by atoms with E-state index in [-0.39, 0.29) is 6.54 Å². The van der Waals surface area contributed by atoms with Gasteiger partial charge in [0.1, 0.15) is 0 Å². The van der Waals surface area contributed by atoms with E-state index in [0.29, 0.717) is 0 Å². The summed E-state index contributed by atoms with van der Waals surface area (Å²) >= 11 is 0. The molecule has 3 rings (SSSR count). The molecular weight excluding hydrogens is 294 g/mol. The maximum Gasteiger partial charge on any atom is 0.251 e. The van der Waals surface area contributed by atoms with Gasteiger partial charge in [0.15, 0.2) is 0 Å². The van der Waals surface area contributed by atoms with E-state index in [9.17, 15) is 8.78 Å². The van der Waals surface area contributed by atoms with Crippen molar-refractivity contribution in [1.29, 1.82) is 0 Å². The van der Waals surface area contributed by atoms with Crippen LogP contribution < -0.4 is 0 Å². The minimum absolute atomic E-state index is 0.0415. The molecule has 0 bridgehead atoms. The number of benzene rings is 1. The van der Waals surface area contributed by atoms with Gasteiger partial charge in [-0.1, -0.05) is 30.3 Å². The molecule has 0 spiro atoms. The van der Waals surface area contributed by atoms with Gasteiger partial charge < -0.3 is 0 Å². The van der Waals surface area contributed by atoms with Gasteiger partial charge in [0.25, 0.3) is 6.43 Å². The van der Waals surface area contributed by atoms with Crippen molar-refractivity contribution in [3.63, 3.8) is 0 Å². The first-order valence-corrected chi connectivity index (χ1v) is 8.99. The fraction of sp³-hybridized carbons (Fsp3) is 0.684. The summed E-state index contributed by atoms with van der Waals surface area (Å²) in [5.41, 5.74) is 1.40. The summed E-state index contributed by atoms with van der Waals surface area (Å²) in [4.78, 5) is 4.51. The molecule has 1 aromatic carbocycles. The van der Waals surface area contributed by atoms with Gasteiger partial charge in [-0.05, 0) is 56.7 Å². The van der Waals surface area contributed by atoms with E-state index in [1.165, 1.54) is 31.4 Å². The van der Waals surface area contributed by atoms with E-state index >= 15 is 0 Å². The van der Waals surface area contributed by atoms with Crippen LogP contribution in [-0.4, -0.2) is 48.4 Å². The lowest BCUT2D eigenvalue weighted by atomic mass is 9.87. The Bertz CT molecular complexity index is 458. The van der Waals surface area contributed by atoms with Crippen molar-refractivity contribution in [1.82, 2.24) is 9.80 Å². The van der Waals surface area contributed by atoms with E-state index in [1.807, 2.05) is 4.90 Å². The highest BCUT2D eigenvalue weighted by Gasteiger charge is 2.29. The van der Waals surface area contributed by atoms with Gasteiger partial charge in [-0.2, -0.15) is 0 Å². The Labute approximate surface area is 138 Å². The number of alkyl halides is 2. The van der Waals surface area contributed by atoms with Crippen LogP contribution in [-0.2, 0) is 6.54 Å². The number of hydrogen-bond donors (Lipinski definition) is 0. The Morgan fingerprint density at radius 2 is 1.70 bits per heavy atom. The van der Waals surface area contributed by atoms with Crippen LogP contribution in [0.3, 0.4) is 0 Å². The third-order valence-electron chi connectivity index (χ3n) is 5.51. The average molecular weight is 322 g/mol. The molecule has 2 saturated heterocycles. The summed E-state index contributed by atoms with van der Waals surface area (Å²) < 4.78 is 24.8. The van der Waals surface area contributed by atoms with E-state index < -0.39 is 6.43 Å². The number of halogens is 2. The molecule has 0 saturated carbocycles.